The lowest BCUT2D eigenvalue weighted by molar-refractivity contribution is 0.255. The summed E-state index contributed by atoms with van der Waals surface area (Å²) in [6.45, 7) is 2.24. The number of unbranched alkanes of at least 4 members (excludes halogenated alkanes) is 9. The van der Waals surface area contributed by atoms with Gasteiger partial charge in [-0.3, -0.25) is 4.18 Å². The largest absolute Gasteiger partial charge is 0.726 e. The van der Waals surface area contributed by atoms with Gasteiger partial charge >= 0.3 is 0 Å². The van der Waals surface area contributed by atoms with Crippen LogP contribution in [0.1, 0.15) is 71.1 Å². The molecule has 1 rings (SSSR count). The van der Waals surface area contributed by atoms with E-state index in [1.807, 2.05) is 36.4 Å². The maximum Gasteiger partial charge on any atom is 0.217 e. The molecule has 0 radical (unpaired) electrons. The van der Waals surface area contributed by atoms with Gasteiger partial charge in [-0.1, -0.05) is 101 Å². The van der Waals surface area contributed by atoms with Crippen LogP contribution in [-0.2, 0) is 14.6 Å². The second-order valence-corrected chi connectivity index (χ2v) is 6.62. The van der Waals surface area contributed by atoms with Gasteiger partial charge < -0.3 is 4.55 Å². The van der Waals surface area contributed by atoms with E-state index in [0.29, 0.717) is 6.42 Å². The number of benzene rings is 1. The van der Waals surface area contributed by atoms with Gasteiger partial charge in [0.05, 0.1) is 6.61 Å². The molecule has 5 heteroatoms. The van der Waals surface area contributed by atoms with Crippen molar-refractivity contribution in [1.29, 1.82) is 0 Å². The lowest BCUT2D eigenvalue weighted by Gasteiger charge is -2.06. The molecule has 0 bridgehead atoms. The predicted molar refractivity (Wildman–Crippen MR) is 93.9 cm³/mol. The van der Waals surface area contributed by atoms with Crippen LogP contribution in [0.25, 0.3) is 0 Å². The van der Waals surface area contributed by atoms with Crippen LogP contribution in [0, 0.1) is 0 Å². The monoisotopic (exact) mass is 343 g/mol. The molecular formula is C18H31O4S-. The summed E-state index contributed by atoms with van der Waals surface area (Å²) in [5, 5.41) is 0. The van der Waals surface area contributed by atoms with Crippen molar-refractivity contribution in [2.24, 2.45) is 0 Å². The van der Waals surface area contributed by atoms with E-state index in [9.17, 15) is 13.0 Å². The van der Waals surface area contributed by atoms with E-state index < -0.39 is 10.4 Å². The molecule has 0 spiro atoms. The van der Waals surface area contributed by atoms with Crippen LogP contribution in [0.5, 0.6) is 0 Å². The van der Waals surface area contributed by atoms with Crippen LogP contribution < -0.4 is 0 Å². The van der Waals surface area contributed by atoms with Crippen LogP contribution in [0.2, 0.25) is 0 Å². The lowest BCUT2D eigenvalue weighted by atomic mass is 10.1. The van der Waals surface area contributed by atoms with Crippen molar-refractivity contribution < 1.29 is 17.2 Å². The Morgan fingerprint density at radius 1 is 0.696 bits per heavy atom. The number of rotatable bonds is 12. The van der Waals surface area contributed by atoms with Crippen molar-refractivity contribution >= 4 is 10.4 Å². The standard InChI is InChI=1S/C12H26O4S.C6H6/c1-2-3-4-5-6-7-8-9-10-11-12-16-17(13,14)15;1-2-4-6-5-3-1/h2-12H2,1H3,(H,13,14,15);1-6H/p-1. The molecule has 134 valence electrons. The molecule has 0 aliphatic rings. The molecule has 0 amide bonds. The summed E-state index contributed by atoms with van der Waals surface area (Å²) < 4.78 is 34.5. The Labute approximate surface area is 142 Å². The molecule has 0 unspecified atom stereocenters. The van der Waals surface area contributed by atoms with Gasteiger partial charge in [0, 0.05) is 0 Å². The molecule has 0 aromatic heterocycles. The molecule has 0 heterocycles. The number of hydrogen-bond acceptors (Lipinski definition) is 4. The first-order valence-corrected chi connectivity index (χ1v) is 10.00. The molecule has 1 aromatic rings. The van der Waals surface area contributed by atoms with Crippen LogP contribution in [0.4, 0.5) is 0 Å². The van der Waals surface area contributed by atoms with Crippen molar-refractivity contribution in [2.45, 2.75) is 71.1 Å². The Morgan fingerprint density at radius 3 is 1.39 bits per heavy atom. The molecule has 0 aliphatic carbocycles. The van der Waals surface area contributed by atoms with Crippen molar-refractivity contribution in [1.82, 2.24) is 0 Å². The summed E-state index contributed by atoms with van der Waals surface area (Å²) in [6, 6.07) is 12.0. The van der Waals surface area contributed by atoms with Crippen LogP contribution >= 0.6 is 0 Å². The average molecular weight is 344 g/mol. The second-order valence-electron chi connectivity index (χ2n) is 5.57. The minimum Gasteiger partial charge on any atom is -0.726 e. The van der Waals surface area contributed by atoms with Gasteiger partial charge in [-0.05, 0) is 6.42 Å². The van der Waals surface area contributed by atoms with Crippen LogP contribution in [-0.4, -0.2) is 19.6 Å². The maximum absolute atomic E-state index is 10.1. The summed E-state index contributed by atoms with van der Waals surface area (Å²) in [5.74, 6) is 0. The third-order valence-electron chi connectivity index (χ3n) is 3.39. The van der Waals surface area contributed by atoms with E-state index in [1.54, 1.807) is 0 Å². The van der Waals surface area contributed by atoms with Crippen molar-refractivity contribution in [3.05, 3.63) is 36.4 Å². The highest BCUT2D eigenvalue weighted by Gasteiger charge is 1.95. The van der Waals surface area contributed by atoms with E-state index in [4.69, 9.17) is 0 Å². The first-order chi connectivity index (χ1) is 11.1. The third kappa shape index (κ3) is 21.1. The Morgan fingerprint density at radius 2 is 1.04 bits per heavy atom. The van der Waals surface area contributed by atoms with Gasteiger partial charge in [-0.2, -0.15) is 0 Å². The first kappa shape index (κ1) is 22.1. The van der Waals surface area contributed by atoms with Crippen LogP contribution in [0.15, 0.2) is 36.4 Å². The molecule has 0 atom stereocenters. The van der Waals surface area contributed by atoms with Gasteiger partial charge in [0.25, 0.3) is 0 Å². The molecule has 1 aromatic carbocycles. The highest BCUT2D eigenvalue weighted by Crippen LogP contribution is 2.10. The summed E-state index contributed by atoms with van der Waals surface area (Å²) >= 11 is 0. The minimum atomic E-state index is -4.48. The highest BCUT2D eigenvalue weighted by atomic mass is 32.3. The normalized spacial score (nSPS) is 10.9. The SMILES string of the molecule is CCCCCCCCCCCCOS(=O)(=O)[O-].c1ccccc1. The number of hydrogen-bond donors (Lipinski definition) is 0. The van der Waals surface area contributed by atoms with Gasteiger partial charge in [0.15, 0.2) is 0 Å². The molecule has 0 aliphatic heterocycles. The first-order valence-electron chi connectivity index (χ1n) is 8.66. The van der Waals surface area contributed by atoms with Gasteiger partial charge in [-0.15, -0.1) is 0 Å². The Balaban J connectivity index is 0.000000664. The minimum absolute atomic E-state index is 0.0301. The molecular weight excluding hydrogens is 312 g/mol. The molecule has 0 fully saturated rings. The average Bonchev–Trinajstić information content (AvgIpc) is 2.54. The van der Waals surface area contributed by atoms with Crippen molar-refractivity contribution in [2.75, 3.05) is 6.61 Å². The van der Waals surface area contributed by atoms with E-state index in [-0.39, 0.29) is 6.61 Å². The Hall–Kier alpha value is -0.910. The fourth-order valence-corrected chi connectivity index (χ4v) is 2.46. The Bertz CT molecular complexity index is 405. The van der Waals surface area contributed by atoms with E-state index in [0.717, 1.165) is 12.8 Å². The topological polar surface area (TPSA) is 66.4 Å². The van der Waals surface area contributed by atoms with E-state index in [2.05, 4.69) is 11.1 Å². The molecule has 23 heavy (non-hydrogen) atoms. The summed E-state index contributed by atoms with van der Waals surface area (Å²) in [7, 11) is -4.48. The lowest BCUT2D eigenvalue weighted by Crippen LogP contribution is -2.05. The molecule has 0 saturated carbocycles. The van der Waals surface area contributed by atoms with Crippen LogP contribution in [0.3, 0.4) is 0 Å². The van der Waals surface area contributed by atoms with Gasteiger partial charge in [0.2, 0.25) is 10.4 Å². The Kier molecular flexibility index (Phi) is 15.3. The third-order valence-corrected chi connectivity index (χ3v) is 3.85. The van der Waals surface area contributed by atoms with E-state index >= 15 is 0 Å². The predicted octanol–water partition coefficient (Wildman–Crippen LogP) is 5.07. The maximum atomic E-state index is 10.1. The highest BCUT2D eigenvalue weighted by molar-refractivity contribution is 7.80. The smallest absolute Gasteiger partial charge is 0.217 e. The molecule has 0 saturated heterocycles. The summed E-state index contributed by atoms with van der Waals surface area (Å²) in [5.41, 5.74) is 0. The quantitative estimate of drug-likeness (QED) is 0.302. The summed E-state index contributed by atoms with van der Waals surface area (Å²) in [4.78, 5) is 0. The van der Waals surface area contributed by atoms with Crippen molar-refractivity contribution in [3.63, 3.8) is 0 Å². The molecule has 0 N–H and O–H groups in total. The fourth-order valence-electron chi connectivity index (χ4n) is 2.14. The summed E-state index contributed by atoms with van der Waals surface area (Å²) in [6.07, 6.45) is 11.7. The van der Waals surface area contributed by atoms with E-state index in [1.165, 1.54) is 44.9 Å². The zero-order chi connectivity index (χ0) is 17.2. The second kappa shape index (κ2) is 16.0. The zero-order valence-corrected chi connectivity index (χ0v) is 15.1. The molecule has 4 nitrogen and oxygen atoms in total. The van der Waals surface area contributed by atoms with Gasteiger partial charge in [-0.25, -0.2) is 8.42 Å². The fraction of sp³-hybridized carbons (Fsp3) is 0.667. The zero-order valence-electron chi connectivity index (χ0n) is 14.3. The van der Waals surface area contributed by atoms with Crippen molar-refractivity contribution in [3.8, 4) is 0 Å². The van der Waals surface area contributed by atoms with Gasteiger partial charge in [0.1, 0.15) is 0 Å².